The largest absolute Gasteiger partial charge is 0.368 e. The van der Waals surface area contributed by atoms with E-state index >= 15 is 0 Å². The first-order chi connectivity index (χ1) is 9.45. The lowest BCUT2D eigenvalue weighted by molar-refractivity contribution is 0.598. The van der Waals surface area contributed by atoms with Gasteiger partial charge in [-0.2, -0.15) is 5.10 Å². The fraction of sp³-hybridized carbons (Fsp3) is 0.231. The van der Waals surface area contributed by atoms with Crippen molar-refractivity contribution in [1.29, 1.82) is 0 Å². The van der Waals surface area contributed by atoms with Gasteiger partial charge in [0.05, 0.1) is 11.1 Å². The lowest BCUT2D eigenvalue weighted by Gasteiger charge is -2.06. The van der Waals surface area contributed by atoms with Crippen LogP contribution in [0.25, 0.3) is 0 Å². The van der Waals surface area contributed by atoms with Gasteiger partial charge in [-0.15, -0.1) is 5.10 Å². The molecular formula is C13H16N4O2S. The third-order valence-electron chi connectivity index (χ3n) is 2.76. The standard InChI is InChI=1S/C13H16N4O2S/c1-10-8-13(17-16-9-10)15-7-6-11-2-4-12(5-3-11)20(14,18)19/h2-5,8-9H,6-7H2,1H3,(H,15,17)(H2,14,18,19). The number of rotatable bonds is 5. The third-order valence-corrected chi connectivity index (χ3v) is 3.69. The molecule has 2 rings (SSSR count). The molecule has 0 unspecified atom stereocenters. The van der Waals surface area contributed by atoms with E-state index in [1.54, 1.807) is 18.3 Å². The summed E-state index contributed by atoms with van der Waals surface area (Å²) in [6, 6.07) is 8.44. The lowest BCUT2D eigenvalue weighted by atomic mass is 10.1. The lowest BCUT2D eigenvalue weighted by Crippen LogP contribution is -2.12. The molecule has 0 atom stereocenters. The van der Waals surface area contributed by atoms with E-state index in [9.17, 15) is 8.42 Å². The molecule has 0 spiro atoms. The minimum atomic E-state index is -3.62. The van der Waals surface area contributed by atoms with Crippen molar-refractivity contribution >= 4 is 15.8 Å². The maximum absolute atomic E-state index is 11.1. The van der Waals surface area contributed by atoms with Gasteiger partial charge in [0, 0.05) is 6.54 Å². The highest BCUT2D eigenvalue weighted by Crippen LogP contribution is 2.10. The number of nitrogens with two attached hydrogens (primary N) is 1. The zero-order valence-electron chi connectivity index (χ0n) is 11.1. The first kappa shape index (κ1) is 14.4. The van der Waals surface area contributed by atoms with Crippen LogP contribution in [0.1, 0.15) is 11.1 Å². The number of nitrogens with zero attached hydrogens (tertiary/aromatic N) is 2. The van der Waals surface area contributed by atoms with Crippen LogP contribution in [-0.4, -0.2) is 25.2 Å². The highest BCUT2D eigenvalue weighted by Gasteiger charge is 2.06. The zero-order chi connectivity index (χ0) is 14.6. The quantitative estimate of drug-likeness (QED) is 0.859. The smallest absolute Gasteiger partial charge is 0.238 e. The van der Waals surface area contributed by atoms with Crippen molar-refractivity contribution in [2.75, 3.05) is 11.9 Å². The molecule has 7 heteroatoms. The van der Waals surface area contributed by atoms with Gasteiger partial charge in [-0.1, -0.05) is 12.1 Å². The van der Waals surface area contributed by atoms with E-state index in [2.05, 4.69) is 15.5 Å². The van der Waals surface area contributed by atoms with Crippen molar-refractivity contribution in [3.8, 4) is 0 Å². The summed E-state index contributed by atoms with van der Waals surface area (Å²) in [7, 11) is -3.62. The number of anilines is 1. The average molecular weight is 292 g/mol. The Morgan fingerprint density at radius 1 is 1.25 bits per heavy atom. The summed E-state index contributed by atoms with van der Waals surface area (Å²) in [5.41, 5.74) is 2.06. The molecule has 0 aliphatic carbocycles. The van der Waals surface area contributed by atoms with E-state index in [1.165, 1.54) is 12.1 Å². The molecular weight excluding hydrogens is 276 g/mol. The summed E-state index contributed by atoms with van der Waals surface area (Å²) in [4.78, 5) is 0.124. The Hall–Kier alpha value is -1.99. The van der Waals surface area contributed by atoms with Gasteiger partial charge in [-0.25, -0.2) is 13.6 Å². The molecule has 0 bridgehead atoms. The Kier molecular flexibility index (Phi) is 4.31. The van der Waals surface area contributed by atoms with Crippen LogP contribution >= 0.6 is 0 Å². The topological polar surface area (TPSA) is 98.0 Å². The summed E-state index contributed by atoms with van der Waals surface area (Å²) in [6.45, 7) is 2.64. The molecule has 1 aromatic carbocycles. The van der Waals surface area contributed by atoms with Gasteiger partial charge in [-0.05, 0) is 42.7 Å². The van der Waals surface area contributed by atoms with E-state index in [-0.39, 0.29) is 4.90 Å². The molecule has 0 saturated heterocycles. The number of sulfonamides is 1. The van der Waals surface area contributed by atoms with E-state index in [4.69, 9.17) is 5.14 Å². The Balaban J connectivity index is 1.92. The number of hydrogen-bond donors (Lipinski definition) is 2. The summed E-state index contributed by atoms with van der Waals surface area (Å²) >= 11 is 0. The fourth-order valence-corrected chi connectivity index (χ4v) is 2.25. The van der Waals surface area contributed by atoms with Crippen molar-refractivity contribution < 1.29 is 8.42 Å². The molecule has 0 radical (unpaired) electrons. The van der Waals surface area contributed by atoms with Gasteiger partial charge in [0.2, 0.25) is 10.0 Å². The van der Waals surface area contributed by atoms with Crippen molar-refractivity contribution in [2.45, 2.75) is 18.2 Å². The summed E-state index contributed by atoms with van der Waals surface area (Å²) in [6.07, 6.45) is 2.44. The Bertz CT molecular complexity index is 684. The second-order valence-electron chi connectivity index (χ2n) is 4.48. The number of primary sulfonamides is 1. The first-order valence-electron chi connectivity index (χ1n) is 6.10. The van der Waals surface area contributed by atoms with Gasteiger partial charge >= 0.3 is 0 Å². The number of aryl methyl sites for hydroxylation is 1. The summed E-state index contributed by atoms with van der Waals surface area (Å²) in [5.74, 6) is 0.728. The van der Waals surface area contributed by atoms with Crippen molar-refractivity contribution in [1.82, 2.24) is 10.2 Å². The SMILES string of the molecule is Cc1cnnc(NCCc2ccc(S(N)(=O)=O)cc2)c1. The molecule has 0 aliphatic rings. The molecule has 0 saturated carbocycles. The highest BCUT2D eigenvalue weighted by molar-refractivity contribution is 7.89. The Morgan fingerprint density at radius 3 is 2.55 bits per heavy atom. The zero-order valence-corrected chi connectivity index (χ0v) is 11.9. The fourth-order valence-electron chi connectivity index (χ4n) is 1.73. The summed E-state index contributed by atoms with van der Waals surface area (Å²) in [5, 5.41) is 16.0. The van der Waals surface area contributed by atoms with Crippen LogP contribution in [0.15, 0.2) is 41.4 Å². The van der Waals surface area contributed by atoms with E-state index in [0.29, 0.717) is 6.54 Å². The predicted octanol–water partition coefficient (Wildman–Crippen LogP) is 1.09. The second-order valence-corrected chi connectivity index (χ2v) is 6.05. The Labute approximate surface area is 118 Å². The number of benzene rings is 1. The molecule has 1 heterocycles. The Morgan fingerprint density at radius 2 is 1.95 bits per heavy atom. The molecule has 0 aliphatic heterocycles. The third kappa shape index (κ3) is 4.01. The number of nitrogens with one attached hydrogen (secondary N) is 1. The molecule has 0 amide bonds. The van der Waals surface area contributed by atoms with Gasteiger partial charge in [0.15, 0.2) is 0 Å². The van der Waals surface area contributed by atoms with Crippen LogP contribution in [0.3, 0.4) is 0 Å². The van der Waals surface area contributed by atoms with Crippen molar-refractivity contribution in [3.05, 3.63) is 47.7 Å². The highest BCUT2D eigenvalue weighted by atomic mass is 32.2. The monoisotopic (exact) mass is 292 g/mol. The van der Waals surface area contributed by atoms with E-state index in [1.807, 2.05) is 13.0 Å². The number of hydrogen-bond acceptors (Lipinski definition) is 5. The van der Waals surface area contributed by atoms with Gasteiger partial charge in [0.1, 0.15) is 5.82 Å². The van der Waals surface area contributed by atoms with E-state index < -0.39 is 10.0 Å². The van der Waals surface area contributed by atoms with Gasteiger partial charge in [-0.3, -0.25) is 0 Å². The van der Waals surface area contributed by atoms with Crippen LogP contribution in [0.4, 0.5) is 5.82 Å². The minimum Gasteiger partial charge on any atom is -0.368 e. The normalized spacial score (nSPS) is 11.3. The molecule has 3 N–H and O–H groups in total. The maximum Gasteiger partial charge on any atom is 0.238 e. The number of aromatic nitrogens is 2. The van der Waals surface area contributed by atoms with Crippen LogP contribution in [0, 0.1) is 6.92 Å². The van der Waals surface area contributed by atoms with Crippen LogP contribution in [0.5, 0.6) is 0 Å². The van der Waals surface area contributed by atoms with Crippen LogP contribution in [-0.2, 0) is 16.4 Å². The molecule has 20 heavy (non-hydrogen) atoms. The minimum absolute atomic E-state index is 0.124. The second kappa shape index (κ2) is 5.98. The molecule has 106 valence electrons. The average Bonchev–Trinajstić information content (AvgIpc) is 2.38. The van der Waals surface area contributed by atoms with E-state index in [0.717, 1.165) is 23.4 Å². The predicted molar refractivity (Wildman–Crippen MR) is 76.8 cm³/mol. The maximum atomic E-state index is 11.1. The van der Waals surface area contributed by atoms with Crippen LogP contribution < -0.4 is 10.5 Å². The summed E-state index contributed by atoms with van der Waals surface area (Å²) < 4.78 is 22.3. The molecule has 1 aromatic heterocycles. The van der Waals surface area contributed by atoms with Crippen LogP contribution in [0.2, 0.25) is 0 Å². The first-order valence-corrected chi connectivity index (χ1v) is 7.65. The van der Waals surface area contributed by atoms with Gasteiger partial charge in [0.25, 0.3) is 0 Å². The molecule has 2 aromatic rings. The molecule has 6 nitrogen and oxygen atoms in total. The van der Waals surface area contributed by atoms with Crippen molar-refractivity contribution in [2.24, 2.45) is 5.14 Å². The van der Waals surface area contributed by atoms with Crippen molar-refractivity contribution in [3.63, 3.8) is 0 Å². The molecule has 0 fully saturated rings. The van der Waals surface area contributed by atoms with Gasteiger partial charge < -0.3 is 5.32 Å².